The Morgan fingerprint density at radius 1 is 1.60 bits per heavy atom. The van der Waals surface area contributed by atoms with Gasteiger partial charge in [-0.05, 0) is 20.3 Å². The van der Waals surface area contributed by atoms with Crippen LogP contribution in [0, 0.1) is 6.92 Å². The molecule has 0 fully saturated rings. The van der Waals surface area contributed by atoms with Crippen LogP contribution in [0.15, 0.2) is 10.6 Å². The van der Waals surface area contributed by atoms with Crippen molar-refractivity contribution in [2.24, 2.45) is 0 Å². The topological polar surface area (TPSA) is 72.2 Å². The highest BCUT2D eigenvalue weighted by Gasteiger charge is 2.18. The predicted octanol–water partition coefficient (Wildman–Crippen LogP) is 1.37. The van der Waals surface area contributed by atoms with Crippen molar-refractivity contribution in [1.82, 2.24) is 9.71 Å². The van der Waals surface area contributed by atoms with E-state index in [4.69, 9.17) is 4.42 Å². The average molecular weight is 232 g/mol. The normalized spacial score (nSPS) is 14.1. The van der Waals surface area contributed by atoms with Gasteiger partial charge in [-0.2, -0.15) is 0 Å². The molecule has 0 aromatic carbocycles. The Kier molecular flexibility index (Phi) is 3.87. The number of aromatic nitrogens is 1. The van der Waals surface area contributed by atoms with Gasteiger partial charge in [-0.15, -0.1) is 0 Å². The number of hydrogen-bond acceptors (Lipinski definition) is 4. The Hall–Kier alpha value is -0.880. The van der Waals surface area contributed by atoms with E-state index in [2.05, 4.69) is 9.71 Å². The second-order valence-corrected chi connectivity index (χ2v) is 5.34. The van der Waals surface area contributed by atoms with Crippen molar-refractivity contribution in [3.05, 3.63) is 17.8 Å². The fraction of sp³-hybridized carbons (Fsp3) is 0.667. The molecule has 1 atom stereocenters. The molecule has 86 valence electrons. The number of oxazole rings is 1. The van der Waals surface area contributed by atoms with Crippen molar-refractivity contribution >= 4 is 10.0 Å². The molecule has 1 aromatic rings. The van der Waals surface area contributed by atoms with Gasteiger partial charge in [0, 0.05) is 0 Å². The summed E-state index contributed by atoms with van der Waals surface area (Å²) in [6, 6.07) is -0.421. The van der Waals surface area contributed by atoms with Crippen molar-refractivity contribution in [2.45, 2.75) is 33.2 Å². The molecule has 0 aliphatic heterocycles. The first-order valence-electron chi connectivity index (χ1n) is 4.87. The van der Waals surface area contributed by atoms with E-state index in [1.165, 1.54) is 0 Å². The van der Waals surface area contributed by atoms with Crippen LogP contribution >= 0.6 is 0 Å². The molecule has 0 aliphatic rings. The standard InChI is InChI=1S/C9H16N2O3S/c1-4-5-15(12,13)11-8(3)9-10-6-7(2)14-9/h6,8,11H,4-5H2,1-3H3. The minimum atomic E-state index is -3.22. The monoisotopic (exact) mass is 232 g/mol. The Bertz CT molecular complexity index is 411. The summed E-state index contributed by atoms with van der Waals surface area (Å²) in [6.45, 7) is 5.29. The predicted molar refractivity (Wildman–Crippen MR) is 56.9 cm³/mol. The van der Waals surface area contributed by atoms with Crippen molar-refractivity contribution in [2.75, 3.05) is 5.75 Å². The number of sulfonamides is 1. The Morgan fingerprint density at radius 2 is 2.27 bits per heavy atom. The highest BCUT2D eigenvalue weighted by Crippen LogP contribution is 2.13. The third kappa shape index (κ3) is 3.64. The zero-order valence-corrected chi connectivity index (χ0v) is 9.97. The summed E-state index contributed by atoms with van der Waals surface area (Å²) in [7, 11) is -3.22. The van der Waals surface area contributed by atoms with E-state index in [1.54, 1.807) is 20.0 Å². The summed E-state index contributed by atoms with van der Waals surface area (Å²) in [5.74, 6) is 1.19. The molecule has 1 rings (SSSR count). The van der Waals surface area contributed by atoms with E-state index in [9.17, 15) is 8.42 Å². The zero-order valence-electron chi connectivity index (χ0n) is 9.15. The van der Waals surface area contributed by atoms with Crippen molar-refractivity contribution in [3.63, 3.8) is 0 Å². The van der Waals surface area contributed by atoms with Gasteiger partial charge in [-0.25, -0.2) is 18.1 Å². The Balaban J connectivity index is 2.67. The van der Waals surface area contributed by atoms with Crippen LogP contribution in [0.25, 0.3) is 0 Å². The first-order chi connectivity index (χ1) is 6.94. The van der Waals surface area contributed by atoms with Crippen molar-refractivity contribution < 1.29 is 12.8 Å². The quantitative estimate of drug-likeness (QED) is 0.832. The lowest BCUT2D eigenvalue weighted by molar-refractivity contribution is 0.427. The highest BCUT2D eigenvalue weighted by molar-refractivity contribution is 7.89. The number of rotatable bonds is 5. The largest absolute Gasteiger partial charge is 0.444 e. The molecule has 5 nitrogen and oxygen atoms in total. The maximum atomic E-state index is 11.4. The van der Waals surface area contributed by atoms with Crippen LogP contribution in [0.2, 0.25) is 0 Å². The number of nitrogens with zero attached hydrogens (tertiary/aromatic N) is 1. The number of hydrogen-bond donors (Lipinski definition) is 1. The van der Waals surface area contributed by atoms with Crippen LogP contribution in [0.5, 0.6) is 0 Å². The van der Waals surface area contributed by atoms with Gasteiger partial charge in [-0.1, -0.05) is 6.92 Å². The van der Waals surface area contributed by atoms with Gasteiger partial charge in [0.15, 0.2) is 0 Å². The van der Waals surface area contributed by atoms with Crippen LogP contribution in [0.1, 0.15) is 38.0 Å². The third-order valence-corrected chi connectivity index (χ3v) is 3.50. The van der Waals surface area contributed by atoms with Crippen molar-refractivity contribution in [1.29, 1.82) is 0 Å². The molecule has 1 aromatic heterocycles. The molecule has 1 unspecified atom stereocenters. The molecule has 1 N–H and O–H groups in total. The van der Waals surface area contributed by atoms with E-state index >= 15 is 0 Å². The zero-order chi connectivity index (χ0) is 11.5. The average Bonchev–Trinajstić information content (AvgIpc) is 2.50. The summed E-state index contributed by atoms with van der Waals surface area (Å²) >= 11 is 0. The molecule has 0 amide bonds. The van der Waals surface area contributed by atoms with Crippen LogP contribution in [-0.4, -0.2) is 19.2 Å². The van der Waals surface area contributed by atoms with Gasteiger partial charge in [0.2, 0.25) is 15.9 Å². The second kappa shape index (κ2) is 4.76. The molecule has 0 saturated heterocycles. The molecule has 0 bridgehead atoms. The third-order valence-electron chi connectivity index (χ3n) is 1.84. The van der Waals surface area contributed by atoms with Gasteiger partial charge in [0.1, 0.15) is 5.76 Å². The Labute approximate surface area is 89.9 Å². The lowest BCUT2D eigenvalue weighted by Crippen LogP contribution is -2.29. The molecular weight excluding hydrogens is 216 g/mol. The minimum Gasteiger partial charge on any atom is -0.444 e. The number of aryl methyl sites for hydroxylation is 1. The molecular formula is C9H16N2O3S. The van der Waals surface area contributed by atoms with E-state index in [1.807, 2.05) is 6.92 Å². The first-order valence-corrected chi connectivity index (χ1v) is 6.52. The Morgan fingerprint density at radius 3 is 2.73 bits per heavy atom. The minimum absolute atomic E-state index is 0.122. The van der Waals surface area contributed by atoms with Crippen LogP contribution in [0.4, 0.5) is 0 Å². The summed E-state index contributed by atoms with van der Waals surface area (Å²) in [5, 5.41) is 0. The summed E-state index contributed by atoms with van der Waals surface area (Å²) in [5.41, 5.74) is 0. The number of nitrogens with one attached hydrogen (secondary N) is 1. The molecule has 0 aliphatic carbocycles. The lowest BCUT2D eigenvalue weighted by Gasteiger charge is -2.09. The van der Waals surface area contributed by atoms with Gasteiger partial charge in [0.05, 0.1) is 18.0 Å². The SMILES string of the molecule is CCCS(=O)(=O)NC(C)c1ncc(C)o1. The van der Waals surface area contributed by atoms with Crippen LogP contribution in [-0.2, 0) is 10.0 Å². The van der Waals surface area contributed by atoms with Gasteiger partial charge in [0.25, 0.3) is 0 Å². The summed E-state index contributed by atoms with van der Waals surface area (Å²) in [6.07, 6.45) is 2.16. The van der Waals surface area contributed by atoms with Crippen molar-refractivity contribution in [3.8, 4) is 0 Å². The molecule has 1 heterocycles. The summed E-state index contributed by atoms with van der Waals surface area (Å²) < 4.78 is 30.6. The van der Waals surface area contributed by atoms with E-state index in [0.717, 1.165) is 0 Å². The van der Waals surface area contributed by atoms with E-state index < -0.39 is 16.1 Å². The fourth-order valence-electron chi connectivity index (χ4n) is 1.22. The molecule has 0 radical (unpaired) electrons. The first kappa shape index (κ1) is 12.2. The second-order valence-electron chi connectivity index (χ2n) is 3.47. The van der Waals surface area contributed by atoms with Gasteiger partial charge < -0.3 is 4.42 Å². The molecule has 0 saturated carbocycles. The van der Waals surface area contributed by atoms with E-state index in [-0.39, 0.29) is 5.75 Å². The molecule has 0 spiro atoms. The molecule has 6 heteroatoms. The highest BCUT2D eigenvalue weighted by atomic mass is 32.2. The lowest BCUT2D eigenvalue weighted by atomic mass is 10.4. The smallest absolute Gasteiger partial charge is 0.212 e. The van der Waals surface area contributed by atoms with Crippen LogP contribution in [0.3, 0.4) is 0 Å². The van der Waals surface area contributed by atoms with Crippen LogP contribution < -0.4 is 4.72 Å². The van der Waals surface area contributed by atoms with E-state index in [0.29, 0.717) is 18.1 Å². The van der Waals surface area contributed by atoms with Gasteiger partial charge in [-0.3, -0.25) is 0 Å². The maximum absolute atomic E-state index is 11.4. The maximum Gasteiger partial charge on any atom is 0.212 e. The fourth-order valence-corrected chi connectivity index (χ4v) is 2.51. The van der Waals surface area contributed by atoms with Gasteiger partial charge >= 0.3 is 0 Å². The summed E-state index contributed by atoms with van der Waals surface area (Å²) in [4.78, 5) is 3.97. The molecule has 15 heavy (non-hydrogen) atoms.